The maximum atomic E-state index is 10.7. The second kappa shape index (κ2) is 7.26. The molecule has 1 aliphatic heterocycles. The van der Waals surface area contributed by atoms with Crippen molar-refractivity contribution >= 4 is 6.29 Å². The van der Waals surface area contributed by atoms with E-state index in [0.29, 0.717) is 12.2 Å². The van der Waals surface area contributed by atoms with Gasteiger partial charge in [-0.05, 0) is 25.6 Å². The van der Waals surface area contributed by atoms with Gasteiger partial charge in [0.05, 0.1) is 6.61 Å². The van der Waals surface area contributed by atoms with Crippen LogP contribution in [0.15, 0.2) is 24.3 Å². The molecular formula is C15H22N2O2. The first-order valence-electron chi connectivity index (χ1n) is 6.87. The van der Waals surface area contributed by atoms with Gasteiger partial charge in [0.15, 0.2) is 0 Å². The lowest BCUT2D eigenvalue weighted by atomic mass is 10.2. The predicted octanol–water partition coefficient (Wildman–Crippen LogP) is 1.52. The van der Waals surface area contributed by atoms with E-state index in [-0.39, 0.29) is 0 Å². The van der Waals surface area contributed by atoms with E-state index in [1.54, 1.807) is 12.1 Å². The third kappa shape index (κ3) is 4.65. The van der Waals surface area contributed by atoms with E-state index in [2.05, 4.69) is 16.8 Å². The Hall–Kier alpha value is -1.39. The number of piperazine rings is 1. The fourth-order valence-corrected chi connectivity index (χ4v) is 2.23. The van der Waals surface area contributed by atoms with Crippen LogP contribution in [0.4, 0.5) is 0 Å². The van der Waals surface area contributed by atoms with Gasteiger partial charge >= 0.3 is 0 Å². The summed E-state index contributed by atoms with van der Waals surface area (Å²) in [6, 6.07) is 7.30. The number of ether oxygens (including phenoxy) is 1. The molecule has 1 saturated heterocycles. The smallest absolute Gasteiger partial charge is 0.150 e. The van der Waals surface area contributed by atoms with E-state index in [9.17, 15) is 4.79 Å². The number of rotatable bonds is 6. The largest absolute Gasteiger partial charge is 0.494 e. The Morgan fingerprint density at radius 2 is 2.05 bits per heavy atom. The molecule has 0 spiro atoms. The predicted molar refractivity (Wildman–Crippen MR) is 75.9 cm³/mol. The zero-order chi connectivity index (χ0) is 13.5. The summed E-state index contributed by atoms with van der Waals surface area (Å²) in [4.78, 5) is 15.5. The van der Waals surface area contributed by atoms with Gasteiger partial charge in [-0.15, -0.1) is 0 Å². The van der Waals surface area contributed by atoms with Crippen molar-refractivity contribution in [1.29, 1.82) is 0 Å². The van der Waals surface area contributed by atoms with Crippen molar-refractivity contribution in [3.8, 4) is 5.75 Å². The standard InChI is InChI=1S/C15H22N2O2/c1-16-7-9-17(10-8-16)6-3-11-19-15-5-2-4-14(12-15)13-18/h2,4-5,12-13H,3,6-11H2,1H3. The first-order chi connectivity index (χ1) is 9.28. The molecule has 4 heteroatoms. The first-order valence-corrected chi connectivity index (χ1v) is 6.87. The van der Waals surface area contributed by atoms with Gasteiger partial charge in [-0.1, -0.05) is 12.1 Å². The molecule has 19 heavy (non-hydrogen) atoms. The van der Waals surface area contributed by atoms with Crippen LogP contribution in [-0.4, -0.2) is 62.5 Å². The quantitative estimate of drug-likeness (QED) is 0.575. The number of benzene rings is 1. The summed E-state index contributed by atoms with van der Waals surface area (Å²) in [6.07, 6.45) is 1.87. The molecule has 1 aromatic rings. The van der Waals surface area contributed by atoms with Gasteiger partial charge in [0, 0.05) is 38.3 Å². The molecule has 104 valence electrons. The van der Waals surface area contributed by atoms with Crippen LogP contribution in [0.25, 0.3) is 0 Å². The lowest BCUT2D eigenvalue weighted by Gasteiger charge is -2.32. The van der Waals surface area contributed by atoms with Gasteiger partial charge in [0.1, 0.15) is 12.0 Å². The summed E-state index contributed by atoms with van der Waals surface area (Å²) in [5, 5.41) is 0. The minimum Gasteiger partial charge on any atom is -0.494 e. The van der Waals surface area contributed by atoms with E-state index in [1.807, 2.05) is 12.1 Å². The second-order valence-corrected chi connectivity index (χ2v) is 5.04. The van der Waals surface area contributed by atoms with Crippen LogP contribution in [0.3, 0.4) is 0 Å². The average Bonchev–Trinajstić information content (AvgIpc) is 2.46. The summed E-state index contributed by atoms with van der Waals surface area (Å²) < 4.78 is 5.66. The van der Waals surface area contributed by atoms with Crippen LogP contribution >= 0.6 is 0 Å². The minimum absolute atomic E-state index is 0.663. The van der Waals surface area contributed by atoms with Crippen molar-refractivity contribution in [1.82, 2.24) is 9.80 Å². The molecule has 1 aromatic carbocycles. The van der Waals surface area contributed by atoms with E-state index in [0.717, 1.165) is 51.2 Å². The molecule has 1 heterocycles. The fourth-order valence-electron chi connectivity index (χ4n) is 2.23. The van der Waals surface area contributed by atoms with Gasteiger partial charge in [0.25, 0.3) is 0 Å². The molecule has 0 aromatic heterocycles. The Balaban J connectivity index is 1.65. The highest BCUT2D eigenvalue weighted by atomic mass is 16.5. The Kier molecular flexibility index (Phi) is 5.36. The summed E-state index contributed by atoms with van der Waals surface area (Å²) in [7, 11) is 2.17. The first kappa shape index (κ1) is 14.0. The molecule has 0 aliphatic carbocycles. The second-order valence-electron chi connectivity index (χ2n) is 5.04. The monoisotopic (exact) mass is 262 g/mol. The summed E-state index contributed by atoms with van der Waals surface area (Å²) in [5.74, 6) is 0.781. The molecule has 4 nitrogen and oxygen atoms in total. The van der Waals surface area contributed by atoms with Crippen molar-refractivity contribution in [2.24, 2.45) is 0 Å². The zero-order valence-electron chi connectivity index (χ0n) is 11.5. The number of carbonyl (C=O) groups excluding carboxylic acids is 1. The highest BCUT2D eigenvalue weighted by Gasteiger charge is 2.12. The number of likely N-dealkylation sites (N-methyl/N-ethyl adjacent to an activating group) is 1. The summed E-state index contributed by atoms with van der Waals surface area (Å²) in [5.41, 5.74) is 0.663. The van der Waals surface area contributed by atoms with Gasteiger partial charge in [-0.3, -0.25) is 4.79 Å². The average molecular weight is 262 g/mol. The van der Waals surface area contributed by atoms with Crippen molar-refractivity contribution in [2.45, 2.75) is 6.42 Å². The van der Waals surface area contributed by atoms with Gasteiger partial charge in [-0.2, -0.15) is 0 Å². The highest BCUT2D eigenvalue weighted by Crippen LogP contribution is 2.12. The third-order valence-corrected chi connectivity index (χ3v) is 3.48. The van der Waals surface area contributed by atoms with Gasteiger partial charge in [-0.25, -0.2) is 0 Å². The SMILES string of the molecule is CN1CCN(CCCOc2cccc(C=O)c2)CC1. The minimum atomic E-state index is 0.663. The summed E-state index contributed by atoms with van der Waals surface area (Å²) in [6.45, 7) is 6.40. The molecule has 0 saturated carbocycles. The van der Waals surface area contributed by atoms with Crippen LogP contribution in [-0.2, 0) is 0 Å². The normalized spacial score (nSPS) is 17.3. The molecule has 0 amide bonds. The van der Waals surface area contributed by atoms with Gasteiger partial charge in [0.2, 0.25) is 0 Å². The van der Waals surface area contributed by atoms with Crippen molar-refractivity contribution in [3.05, 3.63) is 29.8 Å². The third-order valence-electron chi connectivity index (χ3n) is 3.48. The van der Waals surface area contributed by atoms with Crippen LogP contribution in [0.1, 0.15) is 16.8 Å². The van der Waals surface area contributed by atoms with Crippen molar-refractivity contribution in [2.75, 3.05) is 46.4 Å². The fraction of sp³-hybridized carbons (Fsp3) is 0.533. The van der Waals surface area contributed by atoms with Crippen LogP contribution < -0.4 is 4.74 Å². The molecule has 2 rings (SSSR count). The molecule has 0 radical (unpaired) electrons. The van der Waals surface area contributed by atoms with Gasteiger partial charge < -0.3 is 14.5 Å². The van der Waals surface area contributed by atoms with Crippen LogP contribution in [0, 0.1) is 0 Å². The molecular weight excluding hydrogens is 240 g/mol. The Labute approximate surface area is 115 Å². The van der Waals surface area contributed by atoms with E-state index in [1.165, 1.54) is 0 Å². The Morgan fingerprint density at radius 3 is 2.79 bits per heavy atom. The topological polar surface area (TPSA) is 32.8 Å². The Morgan fingerprint density at radius 1 is 1.26 bits per heavy atom. The van der Waals surface area contributed by atoms with Crippen molar-refractivity contribution < 1.29 is 9.53 Å². The molecule has 1 fully saturated rings. The summed E-state index contributed by atoms with van der Waals surface area (Å²) >= 11 is 0. The highest BCUT2D eigenvalue weighted by molar-refractivity contribution is 5.75. The molecule has 0 N–H and O–H groups in total. The Bertz CT molecular complexity index is 401. The number of hydrogen-bond donors (Lipinski definition) is 0. The lowest BCUT2D eigenvalue weighted by Crippen LogP contribution is -2.44. The zero-order valence-corrected chi connectivity index (χ0v) is 11.5. The maximum Gasteiger partial charge on any atom is 0.150 e. The molecule has 1 aliphatic rings. The number of aldehydes is 1. The molecule has 0 unspecified atom stereocenters. The van der Waals surface area contributed by atoms with E-state index < -0.39 is 0 Å². The maximum absolute atomic E-state index is 10.7. The van der Waals surface area contributed by atoms with Crippen LogP contribution in [0.5, 0.6) is 5.75 Å². The van der Waals surface area contributed by atoms with E-state index in [4.69, 9.17) is 4.74 Å². The van der Waals surface area contributed by atoms with Crippen molar-refractivity contribution in [3.63, 3.8) is 0 Å². The molecule has 0 atom stereocenters. The van der Waals surface area contributed by atoms with E-state index >= 15 is 0 Å². The number of carbonyl (C=O) groups is 1. The number of hydrogen-bond acceptors (Lipinski definition) is 4. The molecule has 0 bridgehead atoms. The van der Waals surface area contributed by atoms with Crippen LogP contribution in [0.2, 0.25) is 0 Å². The lowest BCUT2D eigenvalue weighted by molar-refractivity contribution is 0.112. The number of nitrogens with zero attached hydrogens (tertiary/aromatic N) is 2.